The summed E-state index contributed by atoms with van der Waals surface area (Å²) in [4.78, 5) is 2.31. The molecule has 2 aliphatic rings. The maximum atomic E-state index is 12.9. The molecule has 2 fully saturated rings. The molecule has 1 N–H and O–H groups in total. The highest BCUT2D eigenvalue weighted by Crippen LogP contribution is 2.25. The summed E-state index contributed by atoms with van der Waals surface area (Å²) in [6, 6.07) is 0.00287. The topological polar surface area (TPSA) is 15.3 Å². The van der Waals surface area contributed by atoms with E-state index in [0.29, 0.717) is 0 Å². The van der Waals surface area contributed by atoms with Crippen molar-refractivity contribution >= 4 is 0 Å². The lowest BCUT2D eigenvalue weighted by Gasteiger charge is -2.28. The van der Waals surface area contributed by atoms with Crippen LogP contribution < -0.4 is 5.32 Å². The number of nitrogens with one attached hydrogen (secondary N) is 1. The second kappa shape index (κ2) is 4.11. The van der Waals surface area contributed by atoms with Gasteiger partial charge in [-0.15, -0.1) is 0 Å². The minimum absolute atomic E-state index is 0.00287. The molecule has 2 aliphatic heterocycles. The quantitative estimate of drug-likeness (QED) is 0.732. The Balaban J connectivity index is 1.75. The molecule has 0 aliphatic carbocycles. The molecule has 0 aromatic rings. The summed E-state index contributed by atoms with van der Waals surface area (Å²) in [6.45, 7) is 2.84. The van der Waals surface area contributed by atoms with Gasteiger partial charge in [-0.1, -0.05) is 6.42 Å². The van der Waals surface area contributed by atoms with Crippen LogP contribution in [0.1, 0.15) is 25.7 Å². The van der Waals surface area contributed by atoms with Gasteiger partial charge in [0, 0.05) is 19.0 Å². The van der Waals surface area contributed by atoms with Gasteiger partial charge >= 0.3 is 0 Å². The van der Waals surface area contributed by atoms with Gasteiger partial charge in [-0.3, -0.25) is 0 Å². The fourth-order valence-corrected chi connectivity index (χ4v) is 2.38. The molecule has 2 heterocycles. The first kappa shape index (κ1) is 10.3. The van der Waals surface area contributed by atoms with Crippen LogP contribution in [0.4, 0.5) is 8.78 Å². The summed E-state index contributed by atoms with van der Waals surface area (Å²) >= 11 is 0. The summed E-state index contributed by atoms with van der Waals surface area (Å²) in [5.74, 6) is -2.47. The Morgan fingerprint density at radius 1 is 1.21 bits per heavy atom. The van der Waals surface area contributed by atoms with Crippen LogP contribution in [0.15, 0.2) is 0 Å². The zero-order chi connectivity index (χ0) is 10.0. The third-order valence-corrected chi connectivity index (χ3v) is 3.12. The standard InChI is InChI=1S/C10H18F2N2/c11-10(12)6-9(13-8-10)7-14-4-2-1-3-5-14/h9,13H,1-8H2. The fraction of sp³-hybridized carbons (Fsp3) is 1.00. The average Bonchev–Trinajstić information content (AvgIpc) is 2.47. The molecule has 14 heavy (non-hydrogen) atoms. The van der Waals surface area contributed by atoms with Crippen LogP contribution in [-0.4, -0.2) is 43.0 Å². The highest BCUT2D eigenvalue weighted by Gasteiger charge is 2.39. The van der Waals surface area contributed by atoms with E-state index in [1.165, 1.54) is 19.3 Å². The van der Waals surface area contributed by atoms with Crippen molar-refractivity contribution < 1.29 is 8.78 Å². The van der Waals surface area contributed by atoms with Crippen molar-refractivity contribution in [2.75, 3.05) is 26.2 Å². The first-order valence-electron chi connectivity index (χ1n) is 5.49. The van der Waals surface area contributed by atoms with Gasteiger partial charge in [0.2, 0.25) is 0 Å². The Morgan fingerprint density at radius 2 is 1.93 bits per heavy atom. The molecular weight excluding hydrogens is 186 g/mol. The van der Waals surface area contributed by atoms with Crippen molar-refractivity contribution in [2.24, 2.45) is 0 Å². The van der Waals surface area contributed by atoms with Crippen molar-refractivity contribution in [2.45, 2.75) is 37.6 Å². The minimum atomic E-state index is -2.47. The normalized spacial score (nSPS) is 33.4. The maximum Gasteiger partial charge on any atom is 0.261 e. The molecule has 2 nitrogen and oxygen atoms in total. The number of piperidine rings is 1. The Morgan fingerprint density at radius 3 is 2.50 bits per heavy atom. The lowest BCUT2D eigenvalue weighted by atomic mass is 10.1. The lowest BCUT2D eigenvalue weighted by Crippen LogP contribution is -2.40. The van der Waals surface area contributed by atoms with E-state index in [1.807, 2.05) is 0 Å². The fourth-order valence-electron chi connectivity index (χ4n) is 2.38. The third-order valence-electron chi connectivity index (χ3n) is 3.12. The van der Waals surface area contributed by atoms with Crippen LogP contribution in [0.25, 0.3) is 0 Å². The molecule has 0 amide bonds. The van der Waals surface area contributed by atoms with Crippen LogP contribution in [0.5, 0.6) is 0 Å². The molecule has 0 saturated carbocycles. The molecule has 0 spiro atoms. The van der Waals surface area contributed by atoms with E-state index >= 15 is 0 Å². The molecule has 0 aromatic carbocycles. The van der Waals surface area contributed by atoms with Crippen molar-refractivity contribution in [3.63, 3.8) is 0 Å². The van der Waals surface area contributed by atoms with Crippen LogP contribution in [0.3, 0.4) is 0 Å². The van der Waals surface area contributed by atoms with E-state index in [-0.39, 0.29) is 19.0 Å². The molecule has 2 rings (SSSR count). The summed E-state index contributed by atoms with van der Waals surface area (Å²) in [7, 11) is 0. The van der Waals surface area contributed by atoms with Gasteiger partial charge < -0.3 is 10.2 Å². The Kier molecular flexibility index (Phi) is 3.02. The van der Waals surface area contributed by atoms with Gasteiger partial charge in [0.05, 0.1) is 6.54 Å². The van der Waals surface area contributed by atoms with Crippen LogP contribution in [0, 0.1) is 0 Å². The zero-order valence-corrected chi connectivity index (χ0v) is 8.44. The van der Waals surface area contributed by atoms with E-state index in [4.69, 9.17) is 0 Å². The molecule has 0 bridgehead atoms. The van der Waals surface area contributed by atoms with Gasteiger partial charge in [-0.05, 0) is 25.9 Å². The van der Waals surface area contributed by atoms with E-state index in [1.54, 1.807) is 0 Å². The number of nitrogens with zero attached hydrogens (tertiary/aromatic N) is 1. The Bertz CT molecular complexity index is 191. The van der Waals surface area contributed by atoms with Crippen LogP contribution in [0.2, 0.25) is 0 Å². The molecule has 1 unspecified atom stereocenters. The second-order valence-electron chi connectivity index (χ2n) is 4.50. The van der Waals surface area contributed by atoms with Gasteiger partial charge in [-0.2, -0.15) is 0 Å². The van der Waals surface area contributed by atoms with Crippen molar-refractivity contribution in [3.8, 4) is 0 Å². The van der Waals surface area contributed by atoms with E-state index in [0.717, 1.165) is 19.6 Å². The SMILES string of the molecule is FC1(F)CNC(CN2CCCCC2)C1. The van der Waals surface area contributed by atoms with Gasteiger partial charge in [0.1, 0.15) is 0 Å². The van der Waals surface area contributed by atoms with Crippen LogP contribution in [-0.2, 0) is 0 Å². The first-order chi connectivity index (χ1) is 6.66. The predicted molar refractivity (Wildman–Crippen MR) is 51.6 cm³/mol. The van der Waals surface area contributed by atoms with E-state index < -0.39 is 5.92 Å². The zero-order valence-electron chi connectivity index (χ0n) is 8.44. The smallest absolute Gasteiger partial charge is 0.261 e. The molecule has 0 aromatic heterocycles. The minimum Gasteiger partial charge on any atom is -0.307 e. The van der Waals surface area contributed by atoms with Crippen molar-refractivity contribution in [1.82, 2.24) is 10.2 Å². The number of hydrogen-bond donors (Lipinski definition) is 1. The average molecular weight is 204 g/mol. The maximum absolute atomic E-state index is 12.9. The lowest BCUT2D eigenvalue weighted by molar-refractivity contribution is 0.0197. The first-order valence-corrected chi connectivity index (χ1v) is 5.49. The largest absolute Gasteiger partial charge is 0.307 e. The van der Waals surface area contributed by atoms with Crippen LogP contribution >= 0.6 is 0 Å². The summed E-state index contributed by atoms with van der Waals surface area (Å²) in [6.07, 6.45) is 3.76. The van der Waals surface area contributed by atoms with Crippen molar-refractivity contribution in [1.29, 1.82) is 0 Å². The van der Waals surface area contributed by atoms with E-state index in [9.17, 15) is 8.78 Å². The Labute approximate surface area is 83.7 Å². The van der Waals surface area contributed by atoms with E-state index in [2.05, 4.69) is 10.2 Å². The number of hydrogen-bond acceptors (Lipinski definition) is 2. The summed E-state index contributed by atoms with van der Waals surface area (Å²) in [5.41, 5.74) is 0. The molecule has 4 heteroatoms. The molecule has 2 saturated heterocycles. The third kappa shape index (κ3) is 2.64. The molecule has 1 atom stereocenters. The number of halogens is 2. The number of likely N-dealkylation sites (tertiary alicyclic amines) is 1. The van der Waals surface area contributed by atoms with Gasteiger partial charge in [0.15, 0.2) is 0 Å². The predicted octanol–water partition coefficient (Wildman–Crippen LogP) is 1.47. The highest BCUT2D eigenvalue weighted by atomic mass is 19.3. The Hall–Kier alpha value is -0.220. The molecule has 82 valence electrons. The monoisotopic (exact) mass is 204 g/mol. The van der Waals surface area contributed by atoms with Gasteiger partial charge in [-0.25, -0.2) is 8.78 Å². The highest BCUT2D eigenvalue weighted by molar-refractivity contribution is 4.89. The number of rotatable bonds is 2. The second-order valence-corrected chi connectivity index (χ2v) is 4.50. The summed E-state index contributed by atoms with van der Waals surface area (Å²) in [5, 5.41) is 2.90. The van der Waals surface area contributed by atoms with Gasteiger partial charge in [0.25, 0.3) is 5.92 Å². The molecular formula is C10H18F2N2. The molecule has 0 radical (unpaired) electrons. The van der Waals surface area contributed by atoms with Crippen molar-refractivity contribution in [3.05, 3.63) is 0 Å². The number of alkyl halides is 2. The summed E-state index contributed by atoms with van der Waals surface area (Å²) < 4.78 is 25.7.